The first kappa shape index (κ1) is 11.6. The van der Waals surface area contributed by atoms with Gasteiger partial charge in [0.05, 0.1) is 18.1 Å². The molecule has 0 radical (unpaired) electrons. The lowest BCUT2D eigenvalue weighted by atomic mass is 10.0. The molecule has 3 rings (SSSR count). The van der Waals surface area contributed by atoms with Crippen LogP contribution in [0.4, 0.5) is 11.4 Å². The van der Waals surface area contributed by atoms with Crippen LogP contribution in [0.1, 0.15) is 12.0 Å². The van der Waals surface area contributed by atoms with Crippen LogP contribution in [-0.4, -0.2) is 15.7 Å². The highest BCUT2D eigenvalue weighted by Gasteiger charge is 2.17. The molecule has 1 aliphatic rings. The third-order valence-electron chi connectivity index (χ3n) is 3.04. The van der Waals surface area contributed by atoms with Crippen molar-refractivity contribution >= 4 is 17.3 Å². The van der Waals surface area contributed by atoms with Gasteiger partial charge in [0, 0.05) is 19.2 Å². The molecule has 19 heavy (non-hydrogen) atoms. The van der Waals surface area contributed by atoms with E-state index in [0.717, 1.165) is 11.3 Å². The Hall–Kier alpha value is -2.50. The van der Waals surface area contributed by atoms with E-state index >= 15 is 0 Å². The van der Waals surface area contributed by atoms with Gasteiger partial charge in [-0.3, -0.25) is 9.48 Å². The second kappa shape index (κ2) is 4.31. The zero-order valence-corrected chi connectivity index (χ0v) is 10.5. The topological polar surface area (TPSA) is 82.2 Å². The fourth-order valence-electron chi connectivity index (χ4n) is 2.09. The molecule has 0 saturated carbocycles. The zero-order valence-electron chi connectivity index (χ0n) is 10.5. The van der Waals surface area contributed by atoms with Gasteiger partial charge in [0.25, 0.3) is 0 Å². The molecular formula is C13H14N4O2. The standard InChI is InChI=1S/C13H14N4O2/c1-17-7-9(6-15-17)19-12-4-8-2-3-13(18)16-11(8)5-10(12)14/h4-7H,2-3,14H2,1H3,(H,16,18). The molecule has 1 amide bonds. The van der Waals surface area contributed by atoms with E-state index in [4.69, 9.17) is 10.5 Å². The SMILES string of the molecule is Cn1cc(Oc2cc3c(cc2N)NC(=O)CC3)cn1. The summed E-state index contributed by atoms with van der Waals surface area (Å²) < 4.78 is 7.36. The minimum atomic E-state index is 0.0211. The highest BCUT2D eigenvalue weighted by molar-refractivity contribution is 5.94. The lowest BCUT2D eigenvalue weighted by molar-refractivity contribution is -0.116. The molecule has 0 atom stereocenters. The van der Waals surface area contributed by atoms with Gasteiger partial charge in [-0.1, -0.05) is 0 Å². The summed E-state index contributed by atoms with van der Waals surface area (Å²) in [5, 5.41) is 6.84. The van der Waals surface area contributed by atoms with E-state index in [2.05, 4.69) is 10.4 Å². The number of nitrogen functional groups attached to an aromatic ring is 1. The van der Waals surface area contributed by atoms with E-state index in [1.807, 2.05) is 13.1 Å². The van der Waals surface area contributed by atoms with Gasteiger partial charge in [0.1, 0.15) is 0 Å². The maximum Gasteiger partial charge on any atom is 0.224 e. The predicted molar refractivity (Wildman–Crippen MR) is 71.1 cm³/mol. The quantitative estimate of drug-likeness (QED) is 0.803. The summed E-state index contributed by atoms with van der Waals surface area (Å²) in [5.74, 6) is 1.24. The normalized spacial score (nSPS) is 13.8. The molecule has 1 aromatic carbocycles. The lowest BCUT2D eigenvalue weighted by Gasteiger charge is -2.18. The van der Waals surface area contributed by atoms with Gasteiger partial charge in [0.15, 0.2) is 11.5 Å². The minimum absolute atomic E-state index is 0.0211. The number of amides is 1. The number of nitrogens with one attached hydrogen (secondary N) is 1. The van der Waals surface area contributed by atoms with Crippen LogP contribution < -0.4 is 15.8 Å². The average molecular weight is 258 g/mol. The second-order valence-corrected chi connectivity index (χ2v) is 4.55. The minimum Gasteiger partial charge on any atom is -0.452 e. The van der Waals surface area contributed by atoms with Crippen LogP contribution in [0.15, 0.2) is 24.5 Å². The number of nitrogens with zero attached hydrogens (tertiary/aromatic N) is 2. The molecule has 6 heteroatoms. The Kier molecular flexibility index (Phi) is 2.63. The van der Waals surface area contributed by atoms with Gasteiger partial charge in [-0.15, -0.1) is 0 Å². The van der Waals surface area contributed by atoms with Crippen LogP contribution in [0.5, 0.6) is 11.5 Å². The summed E-state index contributed by atoms with van der Waals surface area (Å²) in [6.07, 6.45) is 4.58. The van der Waals surface area contributed by atoms with E-state index in [-0.39, 0.29) is 5.91 Å². The molecular weight excluding hydrogens is 244 g/mol. The third-order valence-corrected chi connectivity index (χ3v) is 3.04. The molecule has 0 fully saturated rings. The van der Waals surface area contributed by atoms with Crippen molar-refractivity contribution in [1.82, 2.24) is 9.78 Å². The molecule has 2 aromatic rings. The maximum atomic E-state index is 11.3. The highest BCUT2D eigenvalue weighted by atomic mass is 16.5. The number of benzene rings is 1. The van der Waals surface area contributed by atoms with Crippen LogP contribution >= 0.6 is 0 Å². The summed E-state index contributed by atoms with van der Waals surface area (Å²) in [6, 6.07) is 3.61. The van der Waals surface area contributed by atoms with Crippen molar-refractivity contribution in [1.29, 1.82) is 0 Å². The number of aryl methyl sites for hydroxylation is 2. The number of ether oxygens (including phenoxy) is 1. The van der Waals surface area contributed by atoms with E-state index in [9.17, 15) is 4.79 Å². The van der Waals surface area contributed by atoms with Gasteiger partial charge in [0.2, 0.25) is 5.91 Å². The van der Waals surface area contributed by atoms with Gasteiger partial charge >= 0.3 is 0 Å². The Balaban J connectivity index is 1.92. The number of aromatic nitrogens is 2. The van der Waals surface area contributed by atoms with E-state index in [1.165, 1.54) is 0 Å². The molecule has 6 nitrogen and oxygen atoms in total. The Bertz CT molecular complexity index is 648. The van der Waals surface area contributed by atoms with E-state index in [1.54, 1.807) is 23.1 Å². The monoisotopic (exact) mass is 258 g/mol. The van der Waals surface area contributed by atoms with Crippen LogP contribution in [-0.2, 0) is 18.3 Å². The number of carbonyl (C=O) groups excluding carboxylic acids is 1. The van der Waals surface area contributed by atoms with Crippen LogP contribution in [0.3, 0.4) is 0 Å². The molecule has 1 aliphatic heterocycles. The van der Waals surface area contributed by atoms with Gasteiger partial charge in [-0.25, -0.2) is 0 Å². The molecule has 3 N–H and O–H groups in total. The first-order chi connectivity index (χ1) is 9.11. The van der Waals surface area contributed by atoms with Gasteiger partial charge in [-0.05, 0) is 24.1 Å². The maximum absolute atomic E-state index is 11.3. The molecule has 0 aliphatic carbocycles. The molecule has 0 saturated heterocycles. The predicted octanol–water partition coefficient (Wildman–Crippen LogP) is 1.68. The van der Waals surface area contributed by atoms with Crippen LogP contribution in [0.25, 0.3) is 0 Å². The molecule has 0 spiro atoms. The van der Waals surface area contributed by atoms with Crippen molar-refractivity contribution in [3.63, 3.8) is 0 Å². The van der Waals surface area contributed by atoms with Crippen molar-refractivity contribution in [2.75, 3.05) is 11.1 Å². The second-order valence-electron chi connectivity index (χ2n) is 4.55. The number of hydrogen-bond acceptors (Lipinski definition) is 4. The first-order valence-corrected chi connectivity index (χ1v) is 6.00. The van der Waals surface area contributed by atoms with Crippen molar-refractivity contribution in [3.05, 3.63) is 30.1 Å². The Morgan fingerprint density at radius 1 is 1.42 bits per heavy atom. The fourth-order valence-corrected chi connectivity index (χ4v) is 2.09. The Labute approximate surface area is 110 Å². The van der Waals surface area contributed by atoms with Crippen LogP contribution in [0, 0.1) is 0 Å². The Morgan fingerprint density at radius 3 is 3.00 bits per heavy atom. The molecule has 2 heterocycles. The third kappa shape index (κ3) is 2.24. The molecule has 0 bridgehead atoms. The van der Waals surface area contributed by atoms with E-state index in [0.29, 0.717) is 30.0 Å². The molecule has 0 unspecified atom stereocenters. The number of rotatable bonds is 2. The van der Waals surface area contributed by atoms with Crippen molar-refractivity contribution < 1.29 is 9.53 Å². The smallest absolute Gasteiger partial charge is 0.224 e. The summed E-state index contributed by atoms with van der Waals surface area (Å²) in [7, 11) is 1.82. The average Bonchev–Trinajstić information content (AvgIpc) is 2.76. The van der Waals surface area contributed by atoms with Crippen molar-refractivity contribution in [2.24, 2.45) is 7.05 Å². The number of carbonyl (C=O) groups is 1. The fraction of sp³-hybridized carbons (Fsp3) is 0.231. The van der Waals surface area contributed by atoms with Crippen molar-refractivity contribution in [3.8, 4) is 11.5 Å². The highest BCUT2D eigenvalue weighted by Crippen LogP contribution is 2.34. The zero-order chi connectivity index (χ0) is 13.4. The Morgan fingerprint density at radius 2 is 2.26 bits per heavy atom. The largest absolute Gasteiger partial charge is 0.452 e. The molecule has 1 aromatic heterocycles. The van der Waals surface area contributed by atoms with E-state index < -0.39 is 0 Å². The number of nitrogens with two attached hydrogens (primary N) is 1. The lowest BCUT2D eigenvalue weighted by Crippen LogP contribution is -2.19. The summed E-state index contributed by atoms with van der Waals surface area (Å²) in [6.45, 7) is 0. The van der Waals surface area contributed by atoms with Gasteiger partial charge < -0.3 is 15.8 Å². The number of anilines is 2. The van der Waals surface area contributed by atoms with Gasteiger partial charge in [-0.2, -0.15) is 5.10 Å². The summed E-state index contributed by atoms with van der Waals surface area (Å²) >= 11 is 0. The number of fused-ring (bicyclic) bond motifs is 1. The van der Waals surface area contributed by atoms with Crippen molar-refractivity contribution in [2.45, 2.75) is 12.8 Å². The van der Waals surface area contributed by atoms with Crippen LogP contribution in [0.2, 0.25) is 0 Å². The molecule has 98 valence electrons. The summed E-state index contributed by atoms with van der Waals surface area (Å²) in [4.78, 5) is 11.3. The first-order valence-electron chi connectivity index (χ1n) is 6.00. The number of hydrogen-bond donors (Lipinski definition) is 2. The summed E-state index contributed by atoms with van der Waals surface area (Å²) in [5.41, 5.74) is 8.24.